The van der Waals surface area contributed by atoms with Crippen molar-refractivity contribution >= 4 is 5.91 Å². The van der Waals surface area contributed by atoms with Crippen LogP contribution in [0.1, 0.15) is 61.8 Å². The first-order valence-electron chi connectivity index (χ1n) is 6.69. The van der Waals surface area contributed by atoms with Crippen molar-refractivity contribution in [3.8, 4) is 0 Å². The molecule has 1 saturated carbocycles. The molecule has 0 aromatic carbocycles. The Morgan fingerprint density at radius 2 is 2.00 bits per heavy atom. The molecule has 1 heterocycles. The number of carbonyl (C=O) groups is 1. The van der Waals surface area contributed by atoms with Crippen molar-refractivity contribution in [3.63, 3.8) is 0 Å². The van der Waals surface area contributed by atoms with E-state index in [1.54, 1.807) is 6.07 Å². The topological polar surface area (TPSA) is 42.2 Å². The lowest BCUT2D eigenvalue weighted by atomic mass is 10.1. The van der Waals surface area contributed by atoms with Gasteiger partial charge in [0.1, 0.15) is 5.76 Å². The number of rotatable bonds is 3. The maximum absolute atomic E-state index is 11.9. The highest BCUT2D eigenvalue weighted by molar-refractivity contribution is 5.91. The first kappa shape index (κ1) is 12.2. The van der Waals surface area contributed by atoms with Gasteiger partial charge in [-0.1, -0.05) is 32.6 Å². The maximum atomic E-state index is 11.9. The summed E-state index contributed by atoms with van der Waals surface area (Å²) < 4.78 is 5.46. The van der Waals surface area contributed by atoms with Gasteiger partial charge in [-0.2, -0.15) is 0 Å². The third-order valence-electron chi connectivity index (χ3n) is 3.42. The van der Waals surface area contributed by atoms with Gasteiger partial charge in [0, 0.05) is 12.5 Å². The van der Waals surface area contributed by atoms with Gasteiger partial charge in [0.2, 0.25) is 0 Å². The molecule has 1 aromatic rings. The van der Waals surface area contributed by atoms with Gasteiger partial charge in [-0.3, -0.25) is 4.79 Å². The zero-order valence-electron chi connectivity index (χ0n) is 10.5. The third kappa shape index (κ3) is 3.35. The van der Waals surface area contributed by atoms with Crippen LogP contribution in [0.3, 0.4) is 0 Å². The fourth-order valence-corrected chi connectivity index (χ4v) is 2.37. The minimum atomic E-state index is -0.0587. The Morgan fingerprint density at radius 1 is 1.29 bits per heavy atom. The molecule has 0 atom stereocenters. The summed E-state index contributed by atoms with van der Waals surface area (Å²) >= 11 is 0. The quantitative estimate of drug-likeness (QED) is 0.817. The highest BCUT2D eigenvalue weighted by atomic mass is 16.3. The largest absolute Gasteiger partial charge is 0.456 e. The van der Waals surface area contributed by atoms with Crippen molar-refractivity contribution in [2.45, 2.75) is 57.9 Å². The van der Waals surface area contributed by atoms with Crippen molar-refractivity contribution < 1.29 is 9.21 Å². The second-order valence-electron chi connectivity index (χ2n) is 4.78. The molecule has 3 nitrogen and oxygen atoms in total. The van der Waals surface area contributed by atoms with Crippen molar-refractivity contribution in [1.29, 1.82) is 0 Å². The van der Waals surface area contributed by atoms with Crippen LogP contribution in [0.2, 0.25) is 0 Å². The van der Waals surface area contributed by atoms with Crippen molar-refractivity contribution in [2.24, 2.45) is 0 Å². The predicted octanol–water partition coefficient (Wildman–Crippen LogP) is 3.29. The summed E-state index contributed by atoms with van der Waals surface area (Å²) in [6, 6.07) is 3.98. The molecule has 0 unspecified atom stereocenters. The van der Waals surface area contributed by atoms with E-state index in [0.29, 0.717) is 11.8 Å². The van der Waals surface area contributed by atoms with Crippen LogP contribution in [0.25, 0.3) is 0 Å². The molecule has 1 amide bonds. The SMILES string of the molecule is CCc1ccc(C(=O)NC2CCCCCC2)o1. The molecule has 1 aliphatic carbocycles. The van der Waals surface area contributed by atoms with Gasteiger partial charge >= 0.3 is 0 Å². The number of nitrogens with one attached hydrogen (secondary N) is 1. The zero-order valence-corrected chi connectivity index (χ0v) is 10.5. The van der Waals surface area contributed by atoms with Crippen LogP contribution < -0.4 is 5.32 Å². The molecule has 3 heteroatoms. The number of amides is 1. The Bertz CT molecular complexity index is 362. The molecule has 0 aliphatic heterocycles. The Hall–Kier alpha value is -1.25. The third-order valence-corrected chi connectivity index (χ3v) is 3.42. The van der Waals surface area contributed by atoms with E-state index in [0.717, 1.165) is 25.0 Å². The minimum Gasteiger partial charge on any atom is -0.456 e. The predicted molar refractivity (Wildman–Crippen MR) is 67.0 cm³/mol. The van der Waals surface area contributed by atoms with E-state index >= 15 is 0 Å². The molecule has 1 aliphatic rings. The van der Waals surface area contributed by atoms with Gasteiger partial charge < -0.3 is 9.73 Å². The van der Waals surface area contributed by atoms with Gasteiger partial charge in [0.05, 0.1) is 0 Å². The molecule has 2 rings (SSSR count). The summed E-state index contributed by atoms with van der Waals surface area (Å²) in [6.45, 7) is 2.02. The molecular weight excluding hydrogens is 214 g/mol. The van der Waals surface area contributed by atoms with Gasteiger partial charge in [-0.15, -0.1) is 0 Å². The average molecular weight is 235 g/mol. The van der Waals surface area contributed by atoms with Crippen LogP contribution in [0.4, 0.5) is 0 Å². The number of carbonyl (C=O) groups excluding carboxylic acids is 1. The molecule has 17 heavy (non-hydrogen) atoms. The van der Waals surface area contributed by atoms with Gasteiger partial charge in [-0.05, 0) is 25.0 Å². The first-order valence-corrected chi connectivity index (χ1v) is 6.69. The van der Waals surface area contributed by atoms with Crippen LogP contribution in [-0.2, 0) is 6.42 Å². The Morgan fingerprint density at radius 3 is 2.59 bits per heavy atom. The molecule has 1 fully saturated rings. The molecule has 94 valence electrons. The van der Waals surface area contributed by atoms with Crippen LogP contribution in [0.15, 0.2) is 16.5 Å². The van der Waals surface area contributed by atoms with E-state index < -0.39 is 0 Å². The fourth-order valence-electron chi connectivity index (χ4n) is 2.37. The number of aryl methyl sites for hydroxylation is 1. The first-order chi connectivity index (χ1) is 8.29. The lowest BCUT2D eigenvalue weighted by Gasteiger charge is -2.14. The van der Waals surface area contributed by atoms with Crippen LogP contribution in [-0.4, -0.2) is 11.9 Å². The van der Waals surface area contributed by atoms with Crippen LogP contribution in [0.5, 0.6) is 0 Å². The minimum absolute atomic E-state index is 0.0587. The standard InChI is InChI=1S/C14H21NO2/c1-2-12-9-10-13(17-12)14(16)15-11-7-5-3-4-6-8-11/h9-11H,2-8H2,1H3,(H,15,16). The fraction of sp³-hybridized carbons (Fsp3) is 0.643. The lowest BCUT2D eigenvalue weighted by Crippen LogP contribution is -2.34. The van der Waals surface area contributed by atoms with Crippen molar-refractivity contribution in [3.05, 3.63) is 23.7 Å². The van der Waals surface area contributed by atoms with Gasteiger partial charge in [0.25, 0.3) is 5.91 Å². The monoisotopic (exact) mass is 235 g/mol. The average Bonchev–Trinajstić information content (AvgIpc) is 2.68. The number of hydrogen-bond acceptors (Lipinski definition) is 2. The van der Waals surface area contributed by atoms with Crippen molar-refractivity contribution in [1.82, 2.24) is 5.32 Å². The second-order valence-corrected chi connectivity index (χ2v) is 4.78. The second kappa shape index (κ2) is 5.89. The van der Waals surface area contributed by atoms with Gasteiger partial charge in [-0.25, -0.2) is 0 Å². The molecule has 1 N–H and O–H groups in total. The van der Waals surface area contributed by atoms with E-state index in [1.807, 2.05) is 13.0 Å². The van der Waals surface area contributed by atoms with Crippen LogP contribution >= 0.6 is 0 Å². The molecular formula is C14H21NO2. The summed E-state index contributed by atoms with van der Waals surface area (Å²) in [4.78, 5) is 11.9. The molecule has 0 saturated heterocycles. The summed E-state index contributed by atoms with van der Waals surface area (Å²) in [5.74, 6) is 1.26. The Labute approximate surface area is 103 Å². The molecule has 0 bridgehead atoms. The highest BCUT2D eigenvalue weighted by Gasteiger charge is 2.17. The number of furan rings is 1. The van der Waals surface area contributed by atoms with Crippen molar-refractivity contribution in [2.75, 3.05) is 0 Å². The van der Waals surface area contributed by atoms with E-state index in [1.165, 1.54) is 25.7 Å². The molecule has 0 radical (unpaired) electrons. The lowest BCUT2D eigenvalue weighted by molar-refractivity contribution is 0.0903. The van der Waals surface area contributed by atoms with E-state index in [-0.39, 0.29) is 5.91 Å². The van der Waals surface area contributed by atoms with Gasteiger partial charge in [0.15, 0.2) is 5.76 Å². The Kier molecular flexibility index (Phi) is 4.24. The smallest absolute Gasteiger partial charge is 0.287 e. The summed E-state index contributed by atoms with van der Waals surface area (Å²) in [5, 5.41) is 3.08. The Balaban J connectivity index is 1.91. The molecule has 0 spiro atoms. The van der Waals surface area contributed by atoms with E-state index in [2.05, 4.69) is 5.32 Å². The zero-order chi connectivity index (χ0) is 12.1. The molecule has 1 aromatic heterocycles. The van der Waals surface area contributed by atoms with Crippen LogP contribution in [0, 0.1) is 0 Å². The summed E-state index contributed by atoms with van der Waals surface area (Å²) in [5.41, 5.74) is 0. The summed E-state index contributed by atoms with van der Waals surface area (Å²) in [6.07, 6.45) is 8.09. The highest BCUT2D eigenvalue weighted by Crippen LogP contribution is 2.18. The van der Waals surface area contributed by atoms with E-state index in [9.17, 15) is 4.79 Å². The normalized spacial score (nSPS) is 17.7. The van der Waals surface area contributed by atoms with E-state index in [4.69, 9.17) is 4.42 Å². The maximum Gasteiger partial charge on any atom is 0.287 e. The summed E-state index contributed by atoms with van der Waals surface area (Å²) in [7, 11) is 0. The number of hydrogen-bond donors (Lipinski definition) is 1.